The summed E-state index contributed by atoms with van der Waals surface area (Å²) in [5.74, 6) is 0.407. The number of thiocarbonyl (C=S) groups is 1. The quantitative estimate of drug-likeness (QED) is 0.429. The summed E-state index contributed by atoms with van der Waals surface area (Å²) in [6.07, 6.45) is 3.73. The molecule has 2 atom stereocenters. The second-order valence-corrected chi connectivity index (χ2v) is 7.81. The van der Waals surface area contributed by atoms with Crippen molar-refractivity contribution in [2.24, 2.45) is 0 Å². The highest BCUT2D eigenvalue weighted by molar-refractivity contribution is 7.80. The minimum Gasteiger partial charge on any atom is -0.495 e. The van der Waals surface area contributed by atoms with Crippen molar-refractivity contribution in [3.63, 3.8) is 0 Å². The molecule has 0 radical (unpaired) electrons. The summed E-state index contributed by atoms with van der Waals surface area (Å²) in [4.78, 5) is 6.40. The third-order valence-electron chi connectivity index (χ3n) is 5.64. The number of para-hydroxylation sites is 3. The molecule has 1 aliphatic rings. The lowest BCUT2D eigenvalue weighted by molar-refractivity contribution is 0.412. The van der Waals surface area contributed by atoms with Gasteiger partial charge in [-0.25, -0.2) is 4.39 Å². The molecule has 1 N–H and O–H groups in total. The van der Waals surface area contributed by atoms with Gasteiger partial charge in [0, 0.05) is 18.1 Å². The lowest BCUT2D eigenvalue weighted by Gasteiger charge is -2.29. The first kappa shape index (κ1) is 20.2. The molecule has 3 heterocycles. The third kappa shape index (κ3) is 3.40. The van der Waals surface area contributed by atoms with E-state index < -0.39 is 0 Å². The molecule has 0 bridgehead atoms. The van der Waals surface area contributed by atoms with Crippen molar-refractivity contribution < 1.29 is 9.13 Å². The highest BCUT2D eigenvalue weighted by Gasteiger charge is 2.43. The van der Waals surface area contributed by atoms with E-state index in [9.17, 15) is 4.39 Å². The molecule has 5 nitrogen and oxygen atoms in total. The molecule has 1 fully saturated rings. The summed E-state index contributed by atoms with van der Waals surface area (Å²) in [5.41, 5.74) is 3.06. The highest BCUT2D eigenvalue weighted by Crippen LogP contribution is 2.43. The smallest absolute Gasteiger partial charge is 0.174 e. The van der Waals surface area contributed by atoms with Crippen LogP contribution in [0.15, 0.2) is 91.3 Å². The van der Waals surface area contributed by atoms with E-state index in [-0.39, 0.29) is 17.9 Å². The van der Waals surface area contributed by atoms with E-state index in [1.54, 1.807) is 25.4 Å². The molecule has 32 heavy (non-hydrogen) atoms. The first-order chi connectivity index (χ1) is 15.7. The van der Waals surface area contributed by atoms with Crippen molar-refractivity contribution >= 4 is 23.0 Å². The number of hydrogen-bond acceptors (Lipinski definition) is 3. The summed E-state index contributed by atoms with van der Waals surface area (Å²) >= 11 is 5.71. The topological polar surface area (TPSA) is 42.3 Å². The number of pyridine rings is 1. The molecule has 2 aromatic heterocycles. The first-order valence-corrected chi connectivity index (χ1v) is 10.7. The minimum atomic E-state index is -0.339. The summed E-state index contributed by atoms with van der Waals surface area (Å²) < 4.78 is 22.6. The highest BCUT2D eigenvalue weighted by atomic mass is 32.1. The van der Waals surface area contributed by atoms with Gasteiger partial charge in [0.1, 0.15) is 17.6 Å². The van der Waals surface area contributed by atoms with Crippen molar-refractivity contribution in [1.29, 1.82) is 0 Å². The SMILES string of the molecule is COc1ccccc1-n1cccc1[C@H]1[C@H](c2ccccn2)NC(=S)N1c1ccccc1F. The average Bonchev–Trinajstić information content (AvgIpc) is 3.44. The molecule has 0 amide bonds. The molecule has 2 aromatic carbocycles. The number of benzene rings is 2. The Hall–Kier alpha value is -3.71. The van der Waals surface area contributed by atoms with Gasteiger partial charge >= 0.3 is 0 Å². The zero-order valence-corrected chi connectivity index (χ0v) is 18.2. The van der Waals surface area contributed by atoms with Crippen LogP contribution in [0.25, 0.3) is 5.69 Å². The molecule has 160 valence electrons. The maximum atomic E-state index is 14.9. The summed E-state index contributed by atoms with van der Waals surface area (Å²) in [5, 5.41) is 3.82. The van der Waals surface area contributed by atoms with Crippen molar-refractivity contribution in [3.8, 4) is 11.4 Å². The van der Waals surface area contributed by atoms with Gasteiger partial charge in [-0.2, -0.15) is 0 Å². The zero-order chi connectivity index (χ0) is 22.1. The molecular weight excluding hydrogens is 423 g/mol. The lowest BCUT2D eigenvalue weighted by Crippen LogP contribution is -2.31. The number of nitrogens with one attached hydrogen (secondary N) is 1. The monoisotopic (exact) mass is 444 g/mol. The van der Waals surface area contributed by atoms with Crippen molar-refractivity contribution in [3.05, 3.63) is 108 Å². The molecule has 4 aromatic rings. The van der Waals surface area contributed by atoms with E-state index in [1.807, 2.05) is 71.8 Å². The van der Waals surface area contributed by atoms with Crippen molar-refractivity contribution in [2.75, 3.05) is 12.0 Å². The third-order valence-corrected chi connectivity index (χ3v) is 5.95. The van der Waals surface area contributed by atoms with Crippen LogP contribution < -0.4 is 15.0 Å². The van der Waals surface area contributed by atoms with Gasteiger partial charge in [-0.05, 0) is 60.7 Å². The Labute approximate surface area is 191 Å². The van der Waals surface area contributed by atoms with Gasteiger partial charge < -0.3 is 19.5 Å². The van der Waals surface area contributed by atoms with Gasteiger partial charge in [0.25, 0.3) is 0 Å². The van der Waals surface area contributed by atoms with Crippen LogP contribution in [0, 0.1) is 5.82 Å². The van der Waals surface area contributed by atoms with Crippen LogP contribution in [0.5, 0.6) is 5.75 Å². The Bertz CT molecular complexity index is 1260. The van der Waals surface area contributed by atoms with E-state index in [1.165, 1.54) is 6.07 Å². The predicted octanol–water partition coefficient (Wildman–Crippen LogP) is 5.20. The van der Waals surface area contributed by atoms with Crippen LogP contribution in [0.3, 0.4) is 0 Å². The lowest BCUT2D eigenvalue weighted by atomic mass is 10.0. The average molecular weight is 445 g/mol. The van der Waals surface area contributed by atoms with E-state index in [4.69, 9.17) is 17.0 Å². The van der Waals surface area contributed by atoms with Crippen LogP contribution >= 0.6 is 12.2 Å². The standard InChI is InChI=1S/C25H21FN4OS/c1-31-22-14-5-4-12-20(22)29-16-8-13-21(29)24-23(18-10-6-7-15-27-18)28-25(32)30(24)19-11-3-2-9-17(19)26/h2-16,23-24H,1H3,(H,28,32)/t23-,24-/m0/s1. The van der Waals surface area contributed by atoms with Gasteiger partial charge in [0.05, 0.1) is 30.2 Å². The number of aromatic nitrogens is 2. The molecule has 1 aliphatic heterocycles. The van der Waals surface area contributed by atoms with Gasteiger partial charge in [-0.15, -0.1) is 0 Å². The Morgan fingerprint density at radius 2 is 1.69 bits per heavy atom. The second kappa shape index (κ2) is 8.43. The largest absolute Gasteiger partial charge is 0.495 e. The van der Waals surface area contributed by atoms with E-state index in [0.29, 0.717) is 10.8 Å². The van der Waals surface area contributed by atoms with E-state index >= 15 is 0 Å². The normalized spacial score (nSPS) is 17.9. The number of ether oxygens (including phenoxy) is 1. The number of hydrogen-bond donors (Lipinski definition) is 1. The van der Waals surface area contributed by atoms with Crippen LogP contribution in [0.2, 0.25) is 0 Å². The minimum absolute atomic E-state index is 0.272. The molecule has 7 heteroatoms. The van der Waals surface area contributed by atoms with Gasteiger partial charge in [0.15, 0.2) is 5.11 Å². The Balaban J connectivity index is 1.70. The van der Waals surface area contributed by atoms with E-state index in [2.05, 4.69) is 14.9 Å². The van der Waals surface area contributed by atoms with Crippen LogP contribution in [0.4, 0.5) is 10.1 Å². The number of anilines is 1. The Morgan fingerprint density at radius 3 is 2.44 bits per heavy atom. The first-order valence-electron chi connectivity index (χ1n) is 10.2. The number of halogens is 1. The fraction of sp³-hybridized carbons (Fsp3) is 0.120. The van der Waals surface area contributed by atoms with Gasteiger partial charge in [-0.3, -0.25) is 4.98 Å². The summed E-state index contributed by atoms with van der Waals surface area (Å²) in [6, 6.07) is 23.6. The predicted molar refractivity (Wildman–Crippen MR) is 127 cm³/mol. The van der Waals surface area contributed by atoms with Crippen molar-refractivity contribution in [1.82, 2.24) is 14.9 Å². The van der Waals surface area contributed by atoms with Gasteiger partial charge in [0.2, 0.25) is 0 Å². The number of nitrogens with zero attached hydrogens (tertiary/aromatic N) is 3. The van der Waals surface area contributed by atoms with Crippen LogP contribution in [-0.4, -0.2) is 21.8 Å². The van der Waals surface area contributed by atoms with Crippen LogP contribution in [-0.2, 0) is 0 Å². The number of rotatable bonds is 5. The molecule has 5 rings (SSSR count). The maximum absolute atomic E-state index is 14.9. The van der Waals surface area contributed by atoms with Crippen molar-refractivity contribution in [2.45, 2.75) is 12.1 Å². The fourth-order valence-electron chi connectivity index (χ4n) is 4.25. The van der Waals surface area contributed by atoms with E-state index in [0.717, 1.165) is 22.8 Å². The Kier molecular flexibility index (Phi) is 5.33. The molecule has 0 aliphatic carbocycles. The fourth-order valence-corrected chi connectivity index (χ4v) is 4.58. The Morgan fingerprint density at radius 1 is 0.938 bits per heavy atom. The zero-order valence-electron chi connectivity index (χ0n) is 17.4. The second-order valence-electron chi connectivity index (χ2n) is 7.42. The maximum Gasteiger partial charge on any atom is 0.174 e. The molecule has 0 spiro atoms. The molecule has 0 unspecified atom stereocenters. The van der Waals surface area contributed by atoms with Gasteiger partial charge in [-0.1, -0.05) is 30.3 Å². The van der Waals surface area contributed by atoms with Crippen LogP contribution in [0.1, 0.15) is 23.5 Å². The molecule has 1 saturated heterocycles. The molecular formula is C25H21FN4OS. The summed E-state index contributed by atoms with van der Waals surface area (Å²) in [6.45, 7) is 0. The number of methoxy groups -OCH3 is 1. The molecule has 0 saturated carbocycles. The summed E-state index contributed by atoms with van der Waals surface area (Å²) in [7, 11) is 1.65.